The van der Waals surface area contributed by atoms with Crippen LogP contribution in [0.3, 0.4) is 0 Å². The van der Waals surface area contributed by atoms with E-state index in [1.54, 1.807) is 36.4 Å². The second kappa shape index (κ2) is 8.50. The number of H-pyrrole nitrogens is 2. The van der Waals surface area contributed by atoms with Gasteiger partial charge in [0, 0.05) is 12.8 Å². The quantitative estimate of drug-likeness (QED) is 0.370. The van der Waals surface area contributed by atoms with Gasteiger partial charge in [-0.2, -0.15) is 5.10 Å². The summed E-state index contributed by atoms with van der Waals surface area (Å²) in [5.41, 5.74) is 1.70. The second-order valence-corrected chi connectivity index (χ2v) is 7.47. The Morgan fingerprint density at radius 1 is 1.00 bits per heavy atom. The Balaban J connectivity index is 1.30. The van der Waals surface area contributed by atoms with Crippen molar-refractivity contribution in [3.63, 3.8) is 0 Å². The average Bonchev–Trinajstić information content (AvgIpc) is 3.25. The van der Waals surface area contributed by atoms with E-state index in [1.807, 2.05) is 12.1 Å². The molecule has 0 unspecified atom stereocenters. The molecule has 1 amide bonds. The predicted octanol–water partition coefficient (Wildman–Crippen LogP) is 2.31. The van der Waals surface area contributed by atoms with Gasteiger partial charge in [0.25, 0.3) is 11.1 Å². The Morgan fingerprint density at radius 3 is 2.73 bits per heavy atom. The van der Waals surface area contributed by atoms with Gasteiger partial charge in [0.15, 0.2) is 5.65 Å². The highest BCUT2D eigenvalue weighted by atomic mass is 16.1. The van der Waals surface area contributed by atoms with Crippen LogP contribution in [0.5, 0.6) is 0 Å². The highest BCUT2D eigenvalue weighted by molar-refractivity contribution is 5.93. The lowest BCUT2D eigenvalue weighted by molar-refractivity contribution is -0.116. The van der Waals surface area contributed by atoms with Crippen molar-refractivity contribution in [2.45, 2.75) is 19.3 Å². The number of carbonyl (C=O) groups excluding carboxylic acids is 1. The number of fused-ring (bicyclic) bond motifs is 2. The number of aromatic amines is 2. The number of para-hydroxylation sites is 3. The fourth-order valence-corrected chi connectivity index (χ4v) is 3.68. The number of nitrogens with zero attached hydrogens (tertiary/aromatic N) is 4. The van der Waals surface area contributed by atoms with E-state index in [0.717, 1.165) is 0 Å². The van der Waals surface area contributed by atoms with E-state index >= 15 is 0 Å². The van der Waals surface area contributed by atoms with Gasteiger partial charge in [-0.15, -0.1) is 0 Å². The van der Waals surface area contributed by atoms with Crippen molar-refractivity contribution in [2.24, 2.45) is 0 Å². The SMILES string of the molecule is O=C(CCCc1nc2ccccc2c(=O)[nH]1)Nc1ccccc1-n1ncc2c(=O)[nH]cnc21. The third-order valence-corrected chi connectivity index (χ3v) is 5.26. The lowest BCUT2D eigenvalue weighted by Gasteiger charge is -2.11. The summed E-state index contributed by atoms with van der Waals surface area (Å²) in [6, 6.07) is 14.3. The number of anilines is 1. The minimum absolute atomic E-state index is 0.187. The van der Waals surface area contributed by atoms with Crippen molar-refractivity contribution >= 4 is 33.5 Å². The summed E-state index contributed by atoms with van der Waals surface area (Å²) in [4.78, 5) is 50.7. The van der Waals surface area contributed by atoms with E-state index in [9.17, 15) is 14.4 Å². The molecule has 0 saturated carbocycles. The molecule has 0 radical (unpaired) electrons. The Bertz CT molecular complexity index is 1600. The van der Waals surface area contributed by atoms with Crippen molar-refractivity contribution in [3.05, 3.63) is 87.6 Å². The molecule has 164 valence electrons. The van der Waals surface area contributed by atoms with E-state index in [2.05, 4.69) is 30.4 Å². The van der Waals surface area contributed by atoms with Crippen LogP contribution in [0.2, 0.25) is 0 Å². The summed E-state index contributed by atoms with van der Waals surface area (Å²) in [7, 11) is 0. The number of amides is 1. The molecule has 0 saturated heterocycles. The maximum absolute atomic E-state index is 12.6. The van der Waals surface area contributed by atoms with Crippen LogP contribution >= 0.6 is 0 Å². The molecule has 0 bridgehead atoms. The summed E-state index contributed by atoms with van der Waals surface area (Å²) < 4.78 is 1.52. The number of aryl methyl sites for hydroxylation is 1. The van der Waals surface area contributed by atoms with Crippen LogP contribution < -0.4 is 16.4 Å². The molecule has 5 rings (SSSR count). The van der Waals surface area contributed by atoms with Crippen LogP contribution in [0.4, 0.5) is 5.69 Å². The summed E-state index contributed by atoms with van der Waals surface area (Å²) in [6.45, 7) is 0. The number of aromatic nitrogens is 6. The zero-order chi connectivity index (χ0) is 22.8. The normalized spacial score (nSPS) is 11.2. The highest BCUT2D eigenvalue weighted by Crippen LogP contribution is 2.22. The first-order valence-corrected chi connectivity index (χ1v) is 10.4. The number of hydrogen-bond donors (Lipinski definition) is 3. The summed E-state index contributed by atoms with van der Waals surface area (Å²) in [5.74, 6) is 0.360. The zero-order valence-corrected chi connectivity index (χ0v) is 17.4. The molecule has 0 aliphatic rings. The van der Waals surface area contributed by atoms with Gasteiger partial charge in [0.2, 0.25) is 5.91 Å². The molecule has 0 atom stereocenters. The van der Waals surface area contributed by atoms with Gasteiger partial charge >= 0.3 is 0 Å². The van der Waals surface area contributed by atoms with Crippen LogP contribution in [-0.4, -0.2) is 35.6 Å². The van der Waals surface area contributed by atoms with Gasteiger partial charge in [-0.1, -0.05) is 24.3 Å². The molecule has 33 heavy (non-hydrogen) atoms. The summed E-state index contributed by atoms with van der Waals surface area (Å²) in [5, 5.41) is 8.07. The van der Waals surface area contributed by atoms with Crippen molar-refractivity contribution in [1.82, 2.24) is 29.7 Å². The minimum atomic E-state index is -0.284. The maximum atomic E-state index is 12.6. The summed E-state index contributed by atoms with van der Waals surface area (Å²) >= 11 is 0. The zero-order valence-electron chi connectivity index (χ0n) is 17.4. The number of nitrogens with one attached hydrogen (secondary N) is 3. The van der Waals surface area contributed by atoms with Crippen molar-refractivity contribution in [2.75, 3.05) is 5.32 Å². The van der Waals surface area contributed by atoms with Crippen LogP contribution in [0.1, 0.15) is 18.7 Å². The largest absolute Gasteiger partial charge is 0.324 e. The van der Waals surface area contributed by atoms with Gasteiger partial charge in [-0.05, 0) is 30.7 Å². The topological polar surface area (TPSA) is 138 Å². The highest BCUT2D eigenvalue weighted by Gasteiger charge is 2.14. The molecule has 10 nitrogen and oxygen atoms in total. The number of carbonyl (C=O) groups is 1. The van der Waals surface area contributed by atoms with E-state index in [4.69, 9.17) is 0 Å². The Hall–Kier alpha value is -4.60. The molecule has 10 heteroatoms. The van der Waals surface area contributed by atoms with E-state index < -0.39 is 0 Å². The molecule has 3 N–H and O–H groups in total. The molecule has 0 fully saturated rings. The first-order valence-electron chi connectivity index (χ1n) is 10.4. The van der Waals surface area contributed by atoms with E-state index in [-0.39, 0.29) is 23.4 Å². The fraction of sp³-hybridized carbons (Fsp3) is 0.130. The molecule has 0 aliphatic heterocycles. The lowest BCUT2D eigenvalue weighted by Crippen LogP contribution is -2.15. The lowest BCUT2D eigenvalue weighted by atomic mass is 10.2. The third kappa shape index (κ3) is 4.01. The van der Waals surface area contributed by atoms with Gasteiger partial charge in [-0.25, -0.2) is 14.6 Å². The van der Waals surface area contributed by atoms with Crippen LogP contribution in [0.25, 0.3) is 27.6 Å². The average molecular weight is 441 g/mol. The molecular weight excluding hydrogens is 422 g/mol. The fourth-order valence-electron chi connectivity index (χ4n) is 3.68. The third-order valence-electron chi connectivity index (χ3n) is 5.26. The molecule has 3 aromatic heterocycles. The maximum Gasteiger partial charge on any atom is 0.261 e. The van der Waals surface area contributed by atoms with Crippen LogP contribution in [0.15, 0.2) is 70.6 Å². The number of rotatable bonds is 6. The monoisotopic (exact) mass is 441 g/mol. The Labute approximate surface area is 186 Å². The first kappa shape index (κ1) is 20.3. The van der Waals surface area contributed by atoms with Gasteiger partial charge in [-0.3, -0.25) is 14.4 Å². The molecular formula is C23H19N7O3. The van der Waals surface area contributed by atoms with E-state index in [1.165, 1.54) is 17.2 Å². The minimum Gasteiger partial charge on any atom is -0.324 e. The molecule has 2 aromatic carbocycles. The summed E-state index contributed by atoms with van der Waals surface area (Å²) in [6.07, 6.45) is 3.97. The Morgan fingerprint density at radius 2 is 1.82 bits per heavy atom. The number of hydrogen-bond acceptors (Lipinski definition) is 6. The molecule has 0 spiro atoms. The van der Waals surface area contributed by atoms with Crippen molar-refractivity contribution in [1.29, 1.82) is 0 Å². The first-order chi connectivity index (χ1) is 16.1. The van der Waals surface area contributed by atoms with Crippen molar-refractivity contribution in [3.8, 4) is 5.69 Å². The standard InChI is InChI=1S/C23H19N7O3/c31-20(11-5-10-19-27-16-7-2-1-6-14(16)23(33)29-19)28-17-8-3-4-9-18(17)30-21-15(12-26-30)22(32)25-13-24-21/h1-4,6-9,12-13H,5,10-11H2,(H,28,31)(H,24,25,32)(H,27,29,33). The van der Waals surface area contributed by atoms with Gasteiger partial charge in [0.05, 0.1) is 34.8 Å². The smallest absolute Gasteiger partial charge is 0.261 e. The molecule has 3 heterocycles. The van der Waals surface area contributed by atoms with Crippen molar-refractivity contribution < 1.29 is 4.79 Å². The van der Waals surface area contributed by atoms with Gasteiger partial charge < -0.3 is 15.3 Å². The van der Waals surface area contributed by atoms with Crippen LogP contribution in [-0.2, 0) is 11.2 Å². The number of benzene rings is 2. The van der Waals surface area contributed by atoms with Gasteiger partial charge in [0.1, 0.15) is 11.2 Å². The van der Waals surface area contributed by atoms with E-state index in [0.29, 0.717) is 52.0 Å². The molecule has 5 aromatic rings. The predicted molar refractivity (Wildman–Crippen MR) is 123 cm³/mol. The second-order valence-electron chi connectivity index (χ2n) is 7.47. The van der Waals surface area contributed by atoms with Crippen LogP contribution in [0, 0.1) is 0 Å². The Kier molecular flexibility index (Phi) is 5.23. The molecule has 0 aliphatic carbocycles.